The molecule has 1 aromatic heterocycles. The Bertz CT molecular complexity index is 1130. The van der Waals surface area contributed by atoms with Crippen molar-refractivity contribution in [3.05, 3.63) is 82.7 Å². The Morgan fingerprint density at radius 3 is 2.40 bits per heavy atom. The molecule has 0 aliphatic rings. The molecule has 0 atom stereocenters. The Morgan fingerprint density at radius 2 is 1.67 bits per heavy atom. The Kier molecular flexibility index (Phi) is 6.64. The Labute approximate surface area is 172 Å². The topological polar surface area (TPSA) is 92.0 Å². The molecule has 0 fully saturated rings. The third-order valence-corrected chi connectivity index (χ3v) is 4.03. The minimum Gasteiger partial charge on any atom is -0.493 e. The summed E-state index contributed by atoms with van der Waals surface area (Å²) in [6.07, 6.45) is 0.529. The second-order valence-corrected chi connectivity index (χ2v) is 6.49. The molecule has 0 bridgehead atoms. The van der Waals surface area contributed by atoms with E-state index in [4.69, 9.17) is 18.6 Å². The fourth-order valence-corrected chi connectivity index (χ4v) is 2.49. The van der Waals surface area contributed by atoms with E-state index in [9.17, 15) is 14.4 Å². The number of carbonyl (C=O) groups is 2. The van der Waals surface area contributed by atoms with Gasteiger partial charge in [0.1, 0.15) is 17.1 Å². The summed E-state index contributed by atoms with van der Waals surface area (Å²) in [5, 5.41) is 0.727. The molecule has 7 nitrogen and oxygen atoms in total. The van der Waals surface area contributed by atoms with E-state index in [2.05, 4.69) is 6.58 Å². The zero-order valence-electron chi connectivity index (χ0n) is 16.4. The van der Waals surface area contributed by atoms with Crippen molar-refractivity contribution in [2.24, 2.45) is 0 Å². The fourth-order valence-electron chi connectivity index (χ4n) is 2.49. The molecule has 0 saturated heterocycles. The largest absolute Gasteiger partial charge is 0.493 e. The van der Waals surface area contributed by atoms with E-state index < -0.39 is 17.6 Å². The third-order valence-electron chi connectivity index (χ3n) is 4.03. The van der Waals surface area contributed by atoms with E-state index >= 15 is 0 Å². The van der Waals surface area contributed by atoms with Gasteiger partial charge in [-0.15, -0.1) is 0 Å². The molecule has 0 saturated carbocycles. The van der Waals surface area contributed by atoms with Crippen molar-refractivity contribution < 1.29 is 28.2 Å². The predicted octanol–water partition coefficient (Wildman–Crippen LogP) is 3.90. The lowest BCUT2D eigenvalue weighted by molar-refractivity contribution is -0.139. The summed E-state index contributed by atoms with van der Waals surface area (Å²) in [7, 11) is 0. The standard InChI is InChI=1S/C23H20O7/c1-15(2)22(25)28-13-3-12-27-18-8-5-17(6-9-18)23(26)29-19-10-4-16-7-11-21(24)30-20(16)14-19/h4-11,14H,1,3,12-13H2,2H3. The quantitative estimate of drug-likeness (QED) is 0.183. The van der Waals surface area contributed by atoms with Crippen LogP contribution in [0.15, 0.2) is 76.0 Å². The summed E-state index contributed by atoms with van der Waals surface area (Å²) in [6, 6.07) is 14.2. The molecule has 0 unspecified atom stereocenters. The van der Waals surface area contributed by atoms with Gasteiger partial charge in [-0.2, -0.15) is 0 Å². The second-order valence-electron chi connectivity index (χ2n) is 6.49. The summed E-state index contributed by atoms with van der Waals surface area (Å²) < 4.78 is 21.0. The first kappa shape index (κ1) is 20.9. The molecule has 154 valence electrons. The van der Waals surface area contributed by atoms with Crippen LogP contribution >= 0.6 is 0 Å². The van der Waals surface area contributed by atoms with Crippen LogP contribution in [0.4, 0.5) is 0 Å². The maximum atomic E-state index is 12.3. The van der Waals surface area contributed by atoms with Gasteiger partial charge in [0, 0.05) is 29.5 Å². The lowest BCUT2D eigenvalue weighted by Gasteiger charge is -2.08. The number of esters is 2. The number of carbonyl (C=O) groups excluding carboxylic acids is 2. The maximum absolute atomic E-state index is 12.3. The average molecular weight is 408 g/mol. The van der Waals surface area contributed by atoms with Crippen molar-refractivity contribution in [1.29, 1.82) is 0 Å². The van der Waals surface area contributed by atoms with Gasteiger partial charge in [0.2, 0.25) is 0 Å². The number of ether oxygens (including phenoxy) is 3. The number of rotatable bonds is 8. The van der Waals surface area contributed by atoms with E-state index in [0.29, 0.717) is 35.5 Å². The SMILES string of the molecule is C=C(C)C(=O)OCCCOc1ccc(C(=O)Oc2ccc3ccc(=O)oc3c2)cc1. The van der Waals surface area contributed by atoms with Gasteiger partial charge in [0.15, 0.2) is 0 Å². The minimum absolute atomic E-state index is 0.238. The van der Waals surface area contributed by atoms with Crippen molar-refractivity contribution in [2.45, 2.75) is 13.3 Å². The molecule has 7 heteroatoms. The molecule has 0 radical (unpaired) electrons. The number of fused-ring (bicyclic) bond motifs is 1. The molecular formula is C23H20O7. The molecule has 3 aromatic rings. The van der Waals surface area contributed by atoms with Crippen molar-refractivity contribution in [2.75, 3.05) is 13.2 Å². The molecule has 2 aromatic carbocycles. The van der Waals surface area contributed by atoms with Crippen LogP contribution in [-0.4, -0.2) is 25.2 Å². The van der Waals surface area contributed by atoms with Gasteiger partial charge in [-0.05, 0) is 49.4 Å². The minimum atomic E-state index is -0.550. The molecular weight excluding hydrogens is 388 g/mol. The molecule has 30 heavy (non-hydrogen) atoms. The van der Waals surface area contributed by atoms with Crippen molar-refractivity contribution in [3.8, 4) is 11.5 Å². The van der Waals surface area contributed by atoms with Crippen molar-refractivity contribution in [1.82, 2.24) is 0 Å². The number of hydrogen-bond acceptors (Lipinski definition) is 7. The highest BCUT2D eigenvalue weighted by molar-refractivity contribution is 5.91. The highest BCUT2D eigenvalue weighted by Crippen LogP contribution is 2.21. The molecule has 0 aliphatic carbocycles. The van der Waals surface area contributed by atoms with Crippen LogP contribution in [-0.2, 0) is 9.53 Å². The first-order valence-corrected chi connectivity index (χ1v) is 9.24. The lowest BCUT2D eigenvalue weighted by Crippen LogP contribution is -2.10. The Balaban J connectivity index is 1.52. The van der Waals surface area contributed by atoms with E-state index in [1.54, 1.807) is 49.4 Å². The maximum Gasteiger partial charge on any atom is 0.343 e. The zero-order valence-corrected chi connectivity index (χ0v) is 16.4. The molecule has 0 spiro atoms. The third kappa shape index (κ3) is 5.57. The lowest BCUT2D eigenvalue weighted by atomic mass is 10.2. The molecule has 0 N–H and O–H groups in total. The van der Waals surface area contributed by atoms with Crippen LogP contribution in [0.2, 0.25) is 0 Å². The summed E-state index contributed by atoms with van der Waals surface area (Å²) in [5.74, 6) is -0.131. The van der Waals surface area contributed by atoms with Gasteiger partial charge in [0.25, 0.3) is 0 Å². The normalized spacial score (nSPS) is 10.4. The molecule has 1 heterocycles. The van der Waals surface area contributed by atoms with Gasteiger partial charge in [-0.1, -0.05) is 6.58 Å². The van der Waals surface area contributed by atoms with Gasteiger partial charge >= 0.3 is 17.6 Å². The van der Waals surface area contributed by atoms with Crippen LogP contribution in [0.1, 0.15) is 23.7 Å². The summed E-state index contributed by atoms with van der Waals surface area (Å²) in [4.78, 5) is 34.9. The van der Waals surface area contributed by atoms with E-state index in [0.717, 1.165) is 5.39 Å². The van der Waals surface area contributed by atoms with Crippen LogP contribution in [0.3, 0.4) is 0 Å². The van der Waals surface area contributed by atoms with E-state index in [1.165, 1.54) is 12.1 Å². The highest BCUT2D eigenvalue weighted by Gasteiger charge is 2.10. The zero-order chi connectivity index (χ0) is 21.5. The summed E-state index contributed by atoms with van der Waals surface area (Å²) in [5.41, 5.74) is 0.556. The van der Waals surface area contributed by atoms with Gasteiger partial charge < -0.3 is 18.6 Å². The van der Waals surface area contributed by atoms with Crippen LogP contribution in [0.5, 0.6) is 11.5 Å². The van der Waals surface area contributed by atoms with Crippen molar-refractivity contribution in [3.63, 3.8) is 0 Å². The predicted molar refractivity (Wildman–Crippen MR) is 110 cm³/mol. The van der Waals surface area contributed by atoms with E-state index in [1.807, 2.05) is 0 Å². The van der Waals surface area contributed by atoms with Crippen molar-refractivity contribution >= 4 is 22.9 Å². The summed E-state index contributed by atoms with van der Waals surface area (Å²) in [6.45, 7) is 5.69. The molecule has 3 rings (SSSR count). The second kappa shape index (κ2) is 9.56. The summed E-state index contributed by atoms with van der Waals surface area (Å²) >= 11 is 0. The van der Waals surface area contributed by atoms with E-state index in [-0.39, 0.29) is 12.4 Å². The molecule has 0 aliphatic heterocycles. The van der Waals surface area contributed by atoms with Crippen LogP contribution < -0.4 is 15.1 Å². The fraction of sp³-hybridized carbons (Fsp3) is 0.174. The monoisotopic (exact) mass is 408 g/mol. The highest BCUT2D eigenvalue weighted by atomic mass is 16.5. The first-order chi connectivity index (χ1) is 14.4. The van der Waals surface area contributed by atoms with Crippen LogP contribution in [0.25, 0.3) is 11.0 Å². The smallest absolute Gasteiger partial charge is 0.343 e. The van der Waals surface area contributed by atoms with Gasteiger partial charge in [-0.3, -0.25) is 0 Å². The Hall–Kier alpha value is -3.87. The van der Waals surface area contributed by atoms with Gasteiger partial charge in [0.05, 0.1) is 18.8 Å². The number of benzene rings is 2. The first-order valence-electron chi connectivity index (χ1n) is 9.24. The average Bonchev–Trinajstić information content (AvgIpc) is 2.73. The van der Waals surface area contributed by atoms with Gasteiger partial charge in [-0.25, -0.2) is 14.4 Å². The van der Waals surface area contributed by atoms with Crippen LogP contribution in [0, 0.1) is 0 Å². The Morgan fingerprint density at radius 1 is 0.967 bits per heavy atom. The number of hydrogen-bond donors (Lipinski definition) is 0. The molecule has 0 amide bonds.